The van der Waals surface area contributed by atoms with Crippen molar-refractivity contribution in [2.45, 2.75) is 39.2 Å². The van der Waals surface area contributed by atoms with Crippen LogP contribution in [0.1, 0.15) is 33.1 Å². The maximum Gasteiger partial charge on any atom is 0.409 e. The summed E-state index contributed by atoms with van der Waals surface area (Å²) in [5.74, 6) is 2.45. The summed E-state index contributed by atoms with van der Waals surface area (Å²) in [4.78, 5) is 18.2. The molecular formula is C21H34N4O4. The largest absolute Gasteiger partial charge is 0.497 e. The summed E-state index contributed by atoms with van der Waals surface area (Å²) < 4.78 is 15.9. The second-order valence-corrected chi connectivity index (χ2v) is 6.74. The van der Waals surface area contributed by atoms with Gasteiger partial charge in [-0.3, -0.25) is 4.99 Å². The highest BCUT2D eigenvalue weighted by molar-refractivity contribution is 5.80. The molecule has 0 bridgehead atoms. The van der Waals surface area contributed by atoms with Gasteiger partial charge < -0.3 is 29.7 Å². The van der Waals surface area contributed by atoms with Gasteiger partial charge in [0.2, 0.25) is 0 Å². The monoisotopic (exact) mass is 406 g/mol. The predicted molar refractivity (Wildman–Crippen MR) is 114 cm³/mol. The lowest BCUT2D eigenvalue weighted by Crippen LogP contribution is -2.49. The molecule has 0 aromatic heterocycles. The predicted octanol–water partition coefficient (Wildman–Crippen LogP) is 2.64. The van der Waals surface area contributed by atoms with E-state index in [1.165, 1.54) is 0 Å². The van der Waals surface area contributed by atoms with Crippen LogP contribution in [0.4, 0.5) is 4.79 Å². The number of guanidine groups is 1. The molecular weight excluding hydrogens is 372 g/mol. The number of benzene rings is 1. The van der Waals surface area contributed by atoms with Crippen molar-refractivity contribution in [3.63, 3.8) is 0 Å². The summed E-state index contributed by atoms with van der Waals surface area (Å²) in [6, 6.07) is 7.86. The van der Waals surface area contributed by atoms with Crippen LogP contribution in [0.2, 0.25) is 0 Å². The normalized spacial score (nSPS) is 15.0. The summed E-state index contributed by atoms with van der Waals surface area (Å²) in [5.41, 5.74) is 0. The van der Waals surface area contributed by atoms with Crippen molar-refractivity contribution < 1.29 is 19.0 Å². The molecule has 1 aliphatic heterocycles. The third-order valence-electron chi connectivity index (χ3n) is 4.61. The first-order valence-electron chi connectivity index (χ1n) is 10.4. The van der Waals surface area contributed by atoms with E-state index >= 15 is 0 Å². The van der Waals surface area contributed by atoms with Crippen LogP contribution in [0.5, 0.6) is 11.5 Å². The fraction of sp³-hybridized carbons (Fsp3) is 0.619. The second kappa shape index (κ2) is 12.7. The molecule has 8 nitrogen and oxygen atoms in total. The van der Waals surface area contributed by atoms with E-state index in [4.69, 9.17) is 14.2 Å². The average molecular weight is 407 g/mol. The highest BCUT2D eigenvalue weighted by Crippen LogP contribution is 2.17. The molecule has 1 fully saturated rings. The van der Waals surface area contributed by atoms with Gasteiger partial charge in [0.05, 0.1) is 20.3 Å². The molecule has 0 atom stereocenters. The highest BCUT2D eigenvalue weighted by atomic mass is 16.6. The maximum absolute atomic E-state index is 11.8. The van der Waals surface area contributed by atoms with Gasteiger partial charge in [0.25, 0.3) is 0 Å². The number of methoxy groups -OCH3 is 1. The minimum absolute atomic E-state index is 0.219. The number of piperidine rings is 1. The van der Waals surface area contributed by atoms with Crippen LogP contribution in [0.25, 0.3) is 0 Å². The third-order valence-corrected chi connectivity index (χ3v) is 4.61. The number of ether oxygens (including phenoxy) is 3. The number of nitrogens with zero attached hydrogens (tertiary/aromatic N) is 2. The minimum atomic E-state index is -0.219. The van der Waals surface area contributed by atoms with E-state index in [-0.39, 0.29) is 6.09 Å². The van der Waals surface area contributed by atoms with Crippen molar-refractivity contribution in [2.75, 3.05) is 46.5 Å². The number of carbonyl (C=O) groups excluding carboxylic acids is 1. The van der Waals surface area contributed by atoms with Gasteiger partial charge >= 0.3 is 6.09 Å². The minimum Gasteiger partial charge on any atom is -0.497 e. The molecule has 1 saturated heterocycles. The lowest BCUT2D eigenvalue weighted by molar-refractivity contribution is 0.0963. The van der Waals surface area contributed by atoms with Crippen LogP contribution in [-0.2, 0) is 4.74 Å². The van der Waals surface area contributed by atoms with Gasteiger partial charge in [0.1, 0.15) is 11.5 Å². The van der Waals surface area contributed by atoms with E-state index in [9.17, 15) is 4.79 Å². The second-order valence-electron chi connectivity index (χ2n) is 6.74. The molecule has 0 unspecified atom stereocenters. The Bertz CT molecular complexity index is 628. The Hall–Kier alpha value is -2.64. The van der Waals surface area contributed by atoms with Crippen LogP contribution in [-0.4, -0.2) is 69.5 Å². The van der Waals surface area contributed by atoms with E-state index in [1.807, 2.05) is 38.1 Å². The Labute approximate surface area is 173 Å². The maximum atomic E-state index is 11.8. The molecule has 2 N–H and O–H groups in total. The van der Waals surface area contributed by atoms with Crippen molar-refractivity contribution in [3.05, 3.63) is 24.3 Å². The van der Waals surface area contributed by atoms with Crippen molar-refractivity contribution >= 4 is 12.1 Å². The first-order chi connectivity index (χ1) is 14.2. The first-order valence-corrected chi connectivity index (χ1v) is 10.4. The highest BCUT2D eigenvalue weighted by Gasteiger charge is 2.23. The molecule has 1 aromatic rings. The van der Waals surface area contributed by atoms with Crippen molar-refractivity contribution in [1.82, 2.24) is 15.5 Å². The summed E-state index contributed by atoms with van der Waals surface area (Å²) in [5, 5.41) is 6.76. The number of carbonyl (C=O) groups is 1. The molecule has 162 valence electrons. The van der Waals surface area contributed by atoms with Gasteiger partial charge in [-0.15, -0.1) is 0 Å². The molecule has 1 amide bonds. The number of likely N-dealkylation sites (tertiary alicyclic amines) is 1. The van der Waals surface area contributed by atoms with E-state index in [0.29, 0.717) is 38.9 Å². The summed E-state index contributed by atoms with van der Waals surface area (Å²) in [6.45, 7) is 7.77. The zero-order chi connectivity index (χ0) is 20.9. The number of hydrogen-bond acceptors (Lipinski definition) is 5. The molecule has 29 heavy (non-hydrogen) atoms. The van der Waals surface area contributed by atoms with Crippen molar-refractivity contribution in [3.8, 4) is 11.5 Å². The number of rotatable bonds is 9. The molecule has 1 heterocycles. The van der Waals surface area contributed by atoms with Gasteiger partial charge in [0.15, 0.2) is 5.96 Å². The quantitative estimate of drug-likeness (QED) is 0.373. The van der Waals surface area contributed by atoms with Crippen LogP contribution in [0.3, 0.4) is 0 Å². The van der Waals surface area contributed by atoms with E-state index in [2.05, 4.69) is 15.6 Å². The Morgan fingerprint density at radius 3 is 2.48 bits per heavy atom. The Balaban J connectivity index is 1.70. The topological polar surface area (TPSA) is 84.4 Å². The van der Waals surface area contributed by atoms with Gasteiger partial charge in [-0.05, 0) is 51.0 Å². The number of amides is 1. The lowest BCUT2D eigenvalue weighted by Gasteiger charge is -2.32. The standard InChI is InChI=1S/C21H34N4O4/c1-4-22-20(24-17-11-14-25(15-12-17)21(26)28-5-2)23-13-6-16-29-19-9-7-18(27-3)8-10-19/h7-10,17H,4-6,11-16H2,1-3H3,(H2,22,23,24). The Morgan fingerprint density at radius 1 is 1.17 bits per heavy atom. The van der Waals surface area contributed by atoms with Crippen LogP contribution in [0, 0.1) is 0 Å². The fourth-order valence-corrected chi connectivity index (χ4v) is 3.05. The van der Waals surface area contributed by atoms with E-state index in [0.717, 1.165) is 43.3 Å². The molecule has 0 aliphatic carbocycles. The molecule has 0 spiro atoms. The van der Waals surface area contributed by atoms with Crippen LogP contribution >= 0.6 is 0 Å². The summed E-state index contributed by atoms with van der Waals surface area (Å²) in [6.07, 6.45) is 2.36. The Morgan fingerprint density at radius 2 is 1.86 bits per heavy atom. The Kier molecular flexibility index (Phi) is 9.95. The van der Waals surface area contributed by atoms with Crippen molar-refractivity contribution in [2.24, 2.45) is 4.99 Å². The molecule has 8 heteroatoms. The zero-order valence-electron chi connectivity index (χ0n) is 17.8. The summed E-state index contributed by atoms with van der Waals surface area (Å²) in [7, 11) is 1.65. The first kappa shape index (κ1) is 22.6. The van der Waals surface area contributed by atoms with Crippen LogP contribution in [0.15, 0.2) is 29.3 Å². The number of aliphatic imine (C=N–C) groups is 1. The lowest BCUT2D eigenvalue weighted by atomic mass is 10.1. The fourth-order valence-electron chi connectivity index (χ4n) is 3.05. The summed E-state index contributed by atoms with van der Waals surface area (Å²) >= 11 is 0. The number of hydrogen-bond donors (Lipinski definition) is 2. The van der Waals surface area contributed by atoms with Crippen molar-refractivity contribution in [1.29, 1.82) is 0 Å². The smallest absolute Gasteiger partial charge is 0.409 e. The van der Waals surface area contributed by atoms with Gasteiger partial charge in [-0.25, -0.2) is 4.79 Å². The molecule has 0 radical (unpaired) electrons. The zero-order valence-corrected chi connectivity index (χ0v) is 17.8. The van der Waals surface area contributed by atoms with Gasteiger partial charge in [-0.1, -0.05) is 0 Å². The van der Waals surface area contributed by atoms with Gasteiger partial charge in [0, 0.05) is 38.6 Å². The SMILES string of the molecule is CCNC(=NCCCOc1ccc(OC)cc1)NC1CCN(C(=O)OCC)CC1. The molecule has 2 rings (SSSR count). The molecule has 1 aromatic carbocycles. The third kappa shape index (κ3) is 8.09. The van der Waals surface area contributed by atoms with E-state index in [1.54, 1.807) is 12.0 Å². The van der Waals surface area contributed by atoms with E-state index < -0.39 is 0 Å². The molecule has 1 aliphatic rings. The molecule has 0 saturated carbocycles. The van der Waals surface area contributed by atoms with Gasteiger partial charge in [-0.2, -0.15) is 0 Å². The number of nitrogens with one attached hydrogen (secondary N) is 2. The average Bonchev–Trinajstić information content (AvgIpc) is 2.74. The van der Waals surface area contributed by atoms with Crippen LogP contribution < -0.4 is 20.1 Å².